The summed E-state index contributed by atoms with van der Waals surface area (Å²) in [6.07, 6.45) is 4.55. The Morgan fingerprint density at radius 3 is 2.48 bits per heavy atom. The number of nitrogens with two attached hydrogens (primary N) is 1. The highest BCUT2D eigenvalue weighted by atomic mass is 16.5. The summed E-state index contributed by atoms with van der Waals surface area (Å²) < 4.78 is 5.65. The van der Waals surface area contributed by atoms with Crippen molar-refractivity contribution in [1.82, 2.24) is 9.97 Å². The van der Waals surface area contributed by atoms with E-state index in [9.17, 15) is 0 Å². The molecule has 2 N–H and O–H groups in total. The topological polar surface area (TPSA) is 61.0 Å². The molecular weight excluding hydrogens is 262 g/mol. The van der Waals surface area contributed by atoms with Crippen LogP contribution in [0.25, 0.3) is 11.4 Å². The maximum absolute atomic E-state index is 6.10. The van der Waals surface area contributed by atoms with Gasteiger partial charge in [-0.1, -0.05) is 0 Å². The summed E-state index contributed by atoms with van der Waals surface area (Å²) in [5.41, 5.74) is 9.34. The maximum atomic E-state index is 6.10. The number of ether oxygens (including phenoxy) is 1. The highest BCUT2D eigenvalue weighted by molar-refractivity contribution is 5.60. The van der Waals surface area contributed by atoms with E-state index in [1.165, 1.54) is 12.8 Å². The molecule has 0 fully saturated rings. The molecule has 1 aromatic heterocycles. The molecule has 0 aliphatic heterocycles. The zero-order valence-electron chi connectivity index (χ0n) is 12.6. The SMILES string of the molecule is CC(C)Oc1ccc(-c2nc(N)c3c(n2)CCCC3)cc1. The van der Waals surface area contributed by atoms with E-state index in [-0.39, 0.29) is 6.10 Å². The number of fused-ring (bicyclic) bond motifs is 1. The van der Waals surface area contributed by atoms with Gasteiger partial charge >= 0.3 is 0 Å². The lowest BCUT2D eigenvalue weighted by atomic mass is 9.96. The third-order valence-electron chi connectivity index (χ3n) is 3.70. The van der Waals surface area contributed by atoms with E-state index in [2.05, 4.69) is 4.98 Å². The lowest BCUT2D eigenvalue weighted by Crippen LogP contribution is -2.11. The highest BCUT2D eigenvalue weighted by Crippen LogP contribution is 2.27. The molecule has 1 heterocycles. The summed E-state index contributed by atoms with van der Waals surface area (Å²) in [7, 11) is 0. The molecule has 1 aliphatic carbocycles. The van der Waals surface area contributed by atoms with Crippen LogP contribution >= 0.6 is 0 Å². The Kier molecular flexibility index (Phi) is 3.78. The van der Waals surface area contributed by atoms with Gasteiger partial charge in [0.2, 0.25) is 0 Å². The van der Waals surface area contributed by atoms with Crippen LogP contribution in [0.2, 0.25) is 0 Å². The molecule has 0 saturated heterocycles. The van der Waals surface area contributed by atoms with Crippen molar-refractivity contribution >= 4 is 5.82 Å². The number of hydrogen-bond donors (Lipinski definition) is 1. The Morgan fingerprint density at radius 1 is 1.05 bits per heavy atom. The average Bonchev–Trinajstić information content (AvgIpc) is 2.47. The first-order chi connectivity index (χ1) is 10.1. The fourth-order valence-corrected chi connectivity index (χ4v) is 2.71. The van der Waals surface area contributed by atoms with Crippen LogP contribution in [-0.2, 0) is 12.8 Å². The summed E-state index contributed by atoms with van der Waals surface area (Å²) in [6, 6.07) is 7.88. The molecule has 0 radical (unpaired) electrons. The molecule has 0 unspecified atom stereocenters. The van der Waals surface area contributed by atoms with Gasteiger partial charge in [-0.05, 0) is 63.8 Å². The Bertz CT molecular complexity index is 635. The van der Waals surface area contributed by atoms with Crippen molar-refractivity contribution in [3.63, 3.8) is 0 Å². The Labute approximate surface area is 125 Å². The molecule has 3 rings (SSSR count). The largest absolute Gasteiger partial charge is 0.491 e. The molecule has 0 amide bonds. The van der Waals surface area contributed by atoms with Crippen molar-refractivity contribution < 1.29 is 4.74 Å². The van der Waals surface area contributed by atoms with E-state index in [0.717, 1.165) is 35.4 Å². The van der Waals surface area contributed by atoms with Gasteiger partial charge in [-0.25, -0.2) is 9.97 Å². The first-order valence-electron chi connectivity index (χ1n) is 7.56. The van der Waals surface area contributed by atoms with E-state index in [1.54, 1.807) is 0 Å². The van der Waals surface area contributed by atoms with Gasteiger partial charge in [-0.2, -0.15) is 0 Å². The predicted molar refractivity (Wildman–Crippen MR) is 84.3 cm³/mol. The van der Waals surface area contributed by atoms with Crippen LogP contribution in [0.4, 0.5) is 5.82 Å². The molecule has 0 saturated carbocycles. The fourth-order valence-electron chi connectivity index (χ4n) is 2.71. The first-order valence-corrected chi connectivity index (χ1v) is 7.56. The van der Waals surface area contributed by atoms with Gasteiger partial charge in [0.05, 0.1) is 6.10 Å². The highest BCUT2D eigenvalue weighted by Gasteiger charge is 2.16. The van der Waals surface area contributed by atoms with Crippen molar-refractivity contribution in [2.75, 3.05) is 5.73 Å². The van der Waals surface area contributed by atoms with Gasteiger partial charge in [-0.3, -0.25) is 0 Å². The number of hydrogen-bond acceptors (Lipinski definition) is 4. The van der Waals surface area contributed by atoms with Gasteiger partial charge in [-0.15, -0.1) is 0 Å². The molecule has 110 valence electrons. The van der Waals surface area contributed by atoms with Crippen molar-refractivity contribution in [3.05, 3.63) is 35.5 Å². The van der Waals surface area contributed by atoms with Crippen LogP contribution in [0.1, 0.15) is 37.9 Å². The van der Waals surface area contributed by atoms with Crippen molar-refractivity contribution in [3.8, 4) is 17.1 Å². The summed E-state index contributed by atoms with van der Waals surface area (Å²) >= 11 is 0. The maximum Gasteiger partial charge on any atom is 0.161 e. The fraction of sp³-hybridized carbons (Fsp3) is 0.412. The number of aromatic nitrogens is 2. The second-order valence-corrected chi connectivity index (χ2v) is 5.76. The molecule has 21 heavy (non-hydrogen) atoms. The molecule has 0 bridgehead atoms. The minimum atomic E-state index is 0.173. The van der Waals surface area contributed by atoms with Crippen LogP contribution in [0.3, 0.4) is 0 Å². The van der Waals surface area contributed by atoms with Crippen LogP contribution in [0, 0.1) is 0 Å². The number of aryl methyl sites for hydroxylation is 1. The minimum Gasteiger partial charge on any atom is -0.491 e. The van der Waals surface area contributed by atoms with Crippen molar-refractivity contribution in [2.45, 2.75) is 45.6 Å². The summed E-state index contributed by atoms with van der Waals surface area (Å²) in [5.74, 6) is 2.21. The van der Waals surface area contributed by atoms with E-state index in [4.69, 9.17) is 15.5 Å². The number of nitrogen functional groups attached to an aromatic ring is 1. The van der Waals surface area contributed by atoms with E-state index >= 15 is 0 Å². The first kappa shape index (κ1) is 13.9. The molecule has 0 spiro atoms. The zero-order valence-corrected chi connectivity index (χ0v) is 12.6. The Morgan fingerprint density at radius 2 is 1.76 bits per heavy atom. The molecule has 0 atom stereocenters. The third-order valence-corrected chi connectivity index (χ3v) is 3.70. The predicted octanol–water partition coefficient (Wildman–Crippen LogP) is 3.39. The number of rotatable bonds is 3. The second-order valence-electron chi connectivity index (χ2n) is 5.76. The quantitative estimate of drug-likeness (QED) is 0.938. The molecule has 1 aromatic carbocycles. The smallest absolute Gasteiger partial charge is 0.161 e. The molecule has 4 heteroatoms. The zero-order chi connectivity index (χ0) is 14.8. The standard InChI is InChI=1S/C17H21N3O/c1-11(2)21-13-9-7-12(8-10-13)17-19-15-6-4-3-5-14(15)16(18)20-17/h7-11H,3-6H2,1-2H3,(H2,18,19,20). The van der Waals surface area contributed by atoms with Crippen molar-refractivity contribution in [1.29, 1.82) is 0 Å². The molecule has 2 aromatic rings. The Hall–Kier alpha value is -2.10. The molecular formula is C17H21N3O. The number of nitrogens with zero attached hydrogens (tertiary/aromatic N) is 2. The van der Waals surface area contributed by atoms with Crippen LogP contribution < -0.4 is 10.5 Å². The lowest BCUT2D eigenvalue weighted by Gasteiger charge is -2.17. The lowest BCUT2D eigenvalue weighted by molar-refractivity contribution is 0.242. The molecule has 1 aliphatic rings. The monoisotopic (exact) mass is 283 g/mol. The van der Waals surface area contributed by atoms with Gasteiger partial charge in [0.25, 0.3) is 0 Å². The van der Waals surface area contributed by atoms with Crippen molar-refractivity contribution in [2.24, 2.45) is 0 Å². The van der Waals surface area contributed by atoms with E-state index in [1.807, 2.05) is 38.1 Å². The van der Waals surface area contributed by atoms with Crippen LogP contribution in [-0.4, -0.2) is 16.1 Å². The van der Waals surface area contributed by atoms with Gasteiger partial charge in [0.1, 0.15) is 11.6 Å². The number of anilines is 1. The number of benzene rings is 1. The van der Waals surface area contributed by atoms with Gasteiger partial charge in [0.15, 0.2) is 5.82 Å². The van der Waals surface area contributed by atoms with Gasteiger partial charge < -0.3 is 10.5 Å². The normalized spacial score (nSPS) is 14.0. The van der Waals surface area contributed by atoms with Gasteiger partial charge in [0, 0.05) is 16.8 Å². The second kappa shape index (κ2) is 5.72. The van der Waals surface area contributed by atoms with Crippen LogP contribution in [0.5, 0.6) is 5.75 Å². The summed E-state index contributed by atoms with van der Waals surface area (Å²) in [5, 5.41) is 0. The van der Waals surface area contributed by atoms with E-state index < -0.39 is 0 Å². The molecule has 4 nitrogen and oxygen atoms in total. The minimum absolute atomic E-state index is 0.173. The summed E-state index contributed by atoms with van der Waals surface area (Å²) in [4.78, 5) is 9.18. The van der Waals surface area contributed by atoms with Crippen LogP contribution in [0.15, 0.2) is 24.3 Å². The third kappa shape index (κ3) is 2.99. The Balaban J connectivity index is 1.91. The average molecular weight is 283 g/mol. The van der Waals surface area contributed by atoms with E-state index in [0.29, 0.717) is 11.6 Å². The summed E-state index contributed by atoms with van der Waals surface area (Å²) in [6.45, 7) is 4.03.